The second-order valence-electron chi connectivity index (χ2n) is 4.83. The molecule has 0 saturated carbocycles. The van der Waals surface area contributed by atoms with Gasteiger partial charge in [0.1, 0.15) is 5.75 Å². The van der Waals surface area contributed by atoms with Crippen LogP contribution in [0.4, 0.5) is 0 Å². The summed E-state index contributed by atoms with van der Waals surface area (Å²) in [5, 5.41) is 4.16. The Bertz CT molecular complexity index is 485. The molecule has 1 saturated heterocycles. The number of amides is 1. The molecule has 1 aromatic carbocycles. The SMILES string of the molecule is CNC1CCCN(C(=O)COc2ccc(Cl)cc2Cl)C1.Cl. The van der Waals surface area contributed by atoms with Gasteiger partial charge in [0.15, 0.2) is 6.61 Å². The predicted molar refractivity (Wildman–Crippen MR) is 87.9 cm³/mol. The molecule has 0 radical (unpaired) electrons. The highest BCUT2D eigenvalue weighted by atomic mass is 35.5. The molecule has 1 atom stereocenters. The van der Waals surface area contributed by atoms with Crippen molar-refractivity contribution in [3.05, 3.63) is 28.2 Å². The van der Waals surface area contributed by atoms with E-state index in [1.54, 1.807) is 18.2 Å². The summed E-state index contributed by atoms with van der Waals surface area (Å²) in [4.78, 5) is 13.9. The molecule has 1 aliphatic heterocycles. The van der Waals surface area contributed by atoms with Gasteiger partial charge >= 0.3 is 0 Å². The van der Waals surface area contributed by atoms with Gasteiger partial charge in [-0.1, -0.05) is 23.2 Å². The van der Waals surface area contributed by atoms with Crippen LogP contribution in [0.3, 0.4) is 0 Å². The van der Waals surface area contributed by atoms with Gasteiger partial charge in [-0.05, 0) is 38.1 Å². The molecule has 1 aliphatic rings. The monoisotopic (exact) mass is 352 g/mol. The Balaban J connectivity index is 0.00000220. The average Bonchev–Trinajstić information content (AvgIpc) is 2.46. The molecule has 1 fully saturated rings. The summed E-state index contributed by atoms with van der Waals surface area (Å²) in [6.07, 6.45) is 2.11. The Morgan fingerprint density at radius 3 is 2.90 bits per heavy atom. The fraction of sp³-hybridized carbons (Fsp3) is 0.500. The van der Waals surface area contributed by atoms with Gasteiger partial charge in [-0.2, -0.15) is 0 Å². The average molecular weight is 354 g/mol. The first-order valence-electron chi connectivity index (χ1n) is 6.63. The van der Waals surface area contributed by atoms with Crippen LogP contribution in [-0.2, 0) is 4.79 Å². The van der Waals surface area contributed by atoms with E-state index in [0.717, 1.165) is 25.9 Å². The zero-order valence-electron chi connectivity index (χ0n) is 11.8. The van der Waals surface area contributed by atoms with E-state index in [0.29, 0.717) is 21.8 Å². The number of likely N-dealkylation sites (N-methyl/N-ethyl adjacent to an activating group) is 1. The van der Waals surface area contributed by atoms with Crippen molar-refractivity contribution in [1.29, 1.82) is 0 Å². The largest absolute Gasteiger partial charge is 0.482 e. The van der Waals surface area contributed by atoms with Gasteiger partial charge in [-0.3, -0.25) is 4.79 Å². The number of nitrogens with zero attached hydrogens (tertiary/aromatic N) is 1. The van der Waals surface area contributed by atoms with Crippen LogP contribution >= 0.6 is 35.6 Å². The van der Waals surface area contributed by atoms with Crippen molar-refractivity contribution in [2.75, 3.05) is 26.7 Å². The number of hydrogen-bond donors (Lipinski definition) is 1. The molecule has 7 heteroatoms. The van der Waals surface area contributed by atoms with Gasteiger partial charge in [0.05, 0.1) is 5.02 Å². The molecule has 1 amide bonds. The summed E-state index contributed by atoms with van der Waals surface area (Å²) >= 11 is 11.8. The van der Waals surface area contributed by atoms with E-state index in [4.69, 9.17) is 27.9 Å². The third-order valence-corrected chi connectivity index (χ3v) is 3.96. The van der Waals surface area contributed by atoms with E-state index in [1.165, 1.54) is 0 Å². The normalized spacial score (nSPS) is 18.0. The minimum Gasteiger partial charge on any atom is -0.482 e. The molecular formula is C14H19Cl3N2O2. The van der Waals surface area contributed by atoms with Crippen LogP contribution in [0, 0.1) is 0 Å². The molecule has 2 rings (SSSR count). The second-order valence-corrected chi connectivity index (χ2v) is 5.67. The van der Waals surface area contributed by atoms with E-state index in [9.17, 15) is 4.79 Å². The predicted octanol–water partition coefficient (Wildman–Crippen LogP) is 3.00. The Morgan fingerprint density at radius 2 is 2.24 bits per heavy atom. The van der Waals surface area contributed by atoms with Crippen LogP contribution in [0.5, 0.6) is 5.75 Å². The maximum absolute atomic E-state index is 12.1. The molecule has 1 heterocycles. The van der Waals surface area contributed by atoms with Crippen LogP contribution in [-0.4, -0.2) is 43.6 Å². The van der Waals surface area contributed by atoms with Gasteiger partial charge < -0.3 is 15.0 Å². The summed E-state index contributed by atoms with van der Waals surface area (Å²) in [6, 6.07) is 5.32. The summed E-state index contributed by atoms with van der Waals surface area (Å²) < 4.78 is 5.47. The topological polar surface area (TPSA) is 41.6 Å². The maximum Gasteiger partial charge on any atom is 0.260 e. The first-order valence-corrected chi connectivity index (χ1v) is 7.38. The molecule has 0 bridgehead atoms. The molecular weight excluding hydrogens is 335 g/mol. The van der Waals surface area contributed by atoms with E-state index >= 15 is 0 Å². The molecule has 118 valence electrons. The summed E-state index contributed by atoms with van der Waals surface area (Å²) in [6.45, 7) is 1.51. The number of ether oxygens (including phenoxy) is 1. The van der Waals surface area contributed by atoms with Crippen molar-refractivity contribution >= 4 is 41.5 Å². The molecule has 21 heavy (non-hydrogen) atoms. The molecule has 1 aromatic rings. The molecule has 1 unspecified atom stereocenters. The third kappa shape index (κ3) is 5.22. The molecule has 0 spiro atoms. The van der Waals surface area contributed by atoms with Gasteiger partial charge in [-0.15, -0.1) is 12.4 Å². The maximum atomic E-state index is 12.1. The lowest BCUT2D eigenvalue weighted by Gasteiger charge is -2.32. The quantitative estimate of drug-likeness (QED) is 0.905. The van der Waals surface area contributed by atoms with E-state index in [2.05, 4.69) is 5.32 Å². The van der Waals surface area contributed by atoms with Crippen molar-refractivity contribution in [2.24, 2.45) is 0 Å². The number of piperidine rings is 1. The Kier molecular flexibility index (Phi) is 7.60. The summed E-state index contributed by atoms with van der Waals surface area (Å²) in [5.74, 6) is 0.461. The van der Waals surface area contributed by atoms with Gasteiger partial charge in [-0.25, -0.2) is 0 Å². The molecule has 4 nitrogen and oxygen atoms in total. The highest BCUT2D eigenvalue weighted by Crippen LogP contribution is 2.27. The highest BCUT2D eigenvalue weighted by Gasteiger charge is 2.22. The third-order valence-electron chi connectivity index (χ3n) is 3.43. The van der Waals surface area contributed by atoms with E-state index in [-0.39, 0.29) is 24.9 Å². The number of hydrogen-bond acceptors (Lipinski definition) is 3. The molecule has 1 N–H and O–H groups in total. The van der Waals surface area contributed by atoms with Crippen LogP contribution < -0.4 is 10.1 Å². The van der Waals surface area contributed by atoms with Crippen LogP contribution in [0.2, 0.25) is 10.0 Å². The summed E-state index contributed by atoms with van der Waals surface area (Å²) in [5.41, 5.74) is 0. The fourth-order valence-corrected chi connectivity index (χ4v) is 2.73. The van der Waals surface area contributed by atoms with Crippen LogP contribution in [0.1, 0.15) is 12.8 Å². The van der Waals surface area contributed by atoms with Crippen molar-refractivity contribution in [2.45, 2.75) is 18.9 Å². The van der Waals surface area contributed by atoms with E-state index < -0.39 is 0 Å². The minimum absolute atomic E-state index is 0. The van der Waals surface area contributed by atoms with Gasteiger partial charge in [0.2, 0.25) is 0 Å². The number of likely N-dealkylation sites (tertiary alicyclic amines) is 1. The van der Waals surface area contributed by atoms with E-state index in [1.807, 2.05) is 11.9 Å². The van der Waals surface area contributed by atoms with Crippen molar-refractivity contribution < 1.29 is 9.53 Å². The fourth-order valence-electron chi connectivity index (χ4n) is 2.26. The number of nitrogens with one attached hydrogen (secondary N) is 1. The highest BCUT2D eigenvalue weighted by molar-refractivity contribution is 6.35. The zero-order chi connectivity index (χ0) is 14.5. The molecule has 0 aromatic heterocycles. The standard InChI is InChI=1S/C14H18Cl2N2O2.ClH/c1-17-11-3-2-6-18(8-11)14(19)9-20-13-5-4-10(15)7-12(13)16;/h4-5,7,11,17H,2-3,6,8-9H2,1H3;1H. The van der Waals surface area contributed by atoms with Crippen molar-refractivity contribution in [3.8, 4) is 5.75 Å². The number of carbonyl (C=O) groups is 1. The van der Waals surface area contributed by atoms with Gasteiger partial charge in [0.25, 0.3) is 5.91 Å². The first-order chi connectivity index (χ1) is 9.60. The Hall–Kier alpha value is -0.680. The van der Waals surface area contributed by atoms with Crippen LogP contribution in [0.25, 0.3) is 0 Å². The number of halogens is 3. The van der Waals surface area contributed by atoms with Crippen molar-refractivity contribution in [3.63, 3.8) is 0 Å². The zero-order valence-corrected chi connectivity index (χ0v) is 14.1. The Morgan fingerprint density at radius 1 is 1.48 bits per heavy atom. The Labute approximate surface area is 141 Å². The number of carbonyl (C=O) groups excluding carboxylic acids is 1. The molecule has 0 aliphatic carbocycles. The number of rotatable bonds is 4. The minimum atomic E-state index is -0.0176. The second kappa shape index (κ2) is 8.69. The van der Waals surface area contributed by atoms with Gasteiger partial charge in [0, 0.05) is 24.2 Å². The lowest BCUT2D eigenvalue weighted by Crippen LogP contribution is -2.48. The lowest BCUT2D eigenvalue weighted by molar-refractivity contribution is -0.134. The van der Waals surface area contributed by atoms with Crippen LogP contribution in [0.15, 0.2) is 18.2 Å². The lowest BCUT2D eigenvalue weighted by atomic mass is 10.1. The number of benzene rings is 1. The summed E-state index contributed by atoms with van der Waals surface area (Å²) in [7, 11) is 1.92. The van der Waals surface area contributed by atoms with Crippen molar-refractivity contribution in [1.82, 2.24) is 10.2 Å². The first kappa shape index (κ1) is 18.4. The smallest absolute Gasteiger partial charge is 0.260 e.